The highest BCUT2D eigenvalue weighted by Crippen LogP contribution is 2.44. The quantitative estimate of drug-likeness (QED) is 0.552. The topological polar surface area (TPSA) is 105 Å². The molecule has 2 aromatic carbocycles. The summed E-state index contributed by atoms with van der Waals surface area (Å²) < 4.78 is 11.0. The third-order valence-corrected chi connectivity index (χ3v) is 6.20. The molecule has 182 valence electrons. The number of carboxylic acid groups (broad SMARTS) is 1. The maximum Gasteiger partial charge on any atom is 0.407 e. The predicted octanol–water partition coefficient (Wildman–Crippen LogP) is 3.64. The van der Waals surface area contributed by atoms with E-state index < -0.39 is 36.2 Å². The van der Waals surface area contributed by atoms with E-state index >= 15 is 0 Å². The molecule has 8 nitrogen and oxygen atoms in total. The number of hydrogen-bond donors (Lipinski definition) is 2. The molecule has 0 spiro atoms. The number of fused-ring (bicyclic) bond motifs is 3. The first kappa shape index (κ1) is 25.2. The fourth-order valence-electron chi connectivity index (χ4n) is 4.29. The molecular formula is C26H32N2O6. The number of hydrogen-bond acceptors (Lipinski definition) is 5. The molecule has 0 saturated heterocycles. The van der Waals surface area contributed by atoms with E-state index in [9.17, 15) is 14.4 Å². The van der Waals surface area contributed by atoms with Gasteiger partial charge in [-0.1, -0.05) is 48.5 Å². The summed E-state index contributed by atoms with van der Waals surface area (Å²) in [4.78, 5) is 38.2. The van der Waals surface area contributed by atoms with Gasteiger partial charge in [0, 0.05) is 26.0 Å². The van der Waals surface area contributed by atoms with E-state index in [1.165, 1.54) is 12.0 Å². The van der Waals surface area contributed by atoms with Crippen molar-refractivity contribution in [2.45, 2.75) is 44.8 Å². The molecule has 0 heterocycles. The number of rotatable bonds is 10. The van der Waals surface area contributed by atoms with Gasteiger partial charge in [-0.2, -0.15) is 0 Å². The van der Waals surface area contributed by atoms with Crippen molar-refractivity contribution in [1.29, 1.82) is 0 Å². The Bertz CT molecular complexity index is 1010. The molecule has 34 heavy (non-hydrogen) atoms. The van der Waals surface area contributed by atoms with Crippen LogP contribution in [-0.4, -0.2) is 66.4 Å². The summed E-state index contributed by atoms with van der Waals surface area (Å²) in [5.41, 5.74) is 3.69. The molecule has 0 radical (unpaired) electrons. The summed E-state index contributed by atoms with van der Waals surface area (Å²) in [5.74, 6) is -1.73. The van der Waals surface area contributed by atoms with Crippen molar-refractivity contribution < 1.29 is 29.0 Å². The van der Waals surface area contributed by atoms with Gasteiger partial charge in [-0.15, -0.1) is 0 Å². The van der Waals surface area contributed by atoms with Gasteiger partial charge in [-0.25, -0.2) is 4.79 Å². The van der Waals surface area contributed by atoms with Crippen LogP contribution in [0.1, 0.15) is 44.2 Å². The molecule has 0 saturated carbocycles. The van der Waals surface area contributed by atoms with E-state index in [1.54, 1.807) is 20.8 Å². The number of carbonyl (C=O) groups excluding carboxylic acids is 2. The minimum Gasteiger partial charge on any atom is -0.480 e. The number of ether oxygens (including phenoxy) is 2. The van der Waals surface area contributed by atoms with Crippen LogP contribution in [0.5, 0.6) is 0 Å². The summed E-state index contributed by atoms with van der Waals surface area (Å²) in [7, 11) is 1.52. The highest BCUT2D eigenvalue weighted by Gasteiger charge is 2.34. The van der Waals surface area contributed by atoms with E-state index in [4.69, 9.17) is 14.6 Å². The van der Waals surface area contributed by atoms with Gasteiger partial charge in [0.2, 0.25) is 5.91 Å². The Morgan fingerprint density at radius 3 is 2.12 bits per heavy atom. The summed E-state index contributed by atoms with van der Waals surface area (Å²) in [6.45, 7) is 5.13. The first-order valence-corrected chi connectivity index (χ1v) is 11.3. The lowest BCUT2D eigenvalue weighted by atomic mass is 9.97. The zero-order valence-electron chi connectivity index (χ0n) is 20.0. The molecule has 0 aliphatic heterocycles. The van der Waals surface area contributed by atoms with E-state index in [0.717, 1.165) is 22.3 Å². The van der Waals surface area contributed by atoms with E-state index in [1.807, 2.05) is 36.4 Å². The van der Waals surface area contributed by atoms with Gasteiger partial charge in [-0.05, 0) is 43.0 Å². The summed E-state index contributed by atoms with van der Waals surface area (Å²) in [5, 5.41) is 11.8. The lowest BCUT2D eigenvalue weighted by Crippen LogP contribution is -2.52. The highest BCUT2D eigenvalue weighted by atomic mass is 16.5. The van der Waals surface area contributed by atoms with Crippen molar-refractivity contribution >= 4 is 18.0 Å². The first-order chi connectivity index (χ1) is 16.2. The average Bonchev–Trinajstić information content (AvgIpc) is 3.14. The lowest BCUT2D eigenvalue weighted by molar-refractivity contribution is -0.145. The van der Waals surface area contributed by atoms with Crippen molar-refractivity contribution in [2.75, 3.05) is 26.8 Å². The summed E-state index contributed by atoms with van der Waals surface area (Å²) >= 11 is 0. The molecule has 2 aromatic rings. The average molecular weight is 469 g/mol. The van der Waals surface area contributed by atoms with Gasteiger partial charge in [0.15, 0.2) is 0 Å². The van der Waals surface area contributed by atoms with Crippen LogP contribution in [-0.2, 0) is 19.1 Å². The molecule has 1 atom stereocenters. The molecule has 2 N–H and O–H groups in total. The second kappa shape index (κ2) is 10.7. The number of amides is 2. The normalized spacial score (nSPS) is 13.5. The van der Waals surface area contributed by atoms with Crippen LogP contribution in [0.4, 0.5) is 4.79 Å². The fourth-order valence-corrected chi connectivity index (χ4v) is 4.29. The number of nitrogens with zero attached hydrogens (tertiary/aromatic N) is 1. The number of benzene rings is 2. The van der Waals surface area contributed by atoms with Crippen LogP contribution in [0.15, 0.2) is 48.5 Å². The number of carboxylic acids is 1. The van der Waals surface area contributed by atoms with Gasteiger partial charge in [0.25, 0.3) is 0 Å². The Balaban J connectivity index is 1.73. The standard InChI is InChI=1S/C26H32N2O6/c1-5-28(15-23(29)30)24(31)22(14-26(2,3)33-4)27-25(32)34-16-21-19-12-8-6-10-17(19)18-11-7-9-13-20(18)21/h6-13,21-22H,5,14-16H2,1-4H3,(H,27,32)(H,29,30). The number of likely N-dealkylation sites (N-methyl/N-ethyl adjacent to an activating group) is 1. The van der Waals surface area contributed by atoms with E-state index in [2.05, 4.69) is 17.4 Å². The maximum atomic E-state index is 13.1. The van der Waals surface area contributed by atoms with Crippen molar-refractivity contribution in [2.24, 2.45) is 0 Å². The van der Waals surface area contributed by atoms with Gasteiger partial charge in [0.05, 0.1) is 5.60 Å². The van der Waals surface area contributed by atoms with E-state index in [0.29, 0.717) is 0 Å². The van der Waals surface area contributed by atoms with Crippen LogP contribution in [0.2, 0.25) is 0 Å². The minimum atomic E-state index is -1.12. The number of carbonyl (C=O) groups is 3. The van der Waals surface area contributed by atoms with Crippen LogP contribution in [0, 0.1) is 0 Å². The summed E-state index contributed by atoms with van der Waals surface area (Å²) in [6, 6.07) is 15.0. The molecule has 0 bridgehead atoms. The van der Waals surface area contributed by atoms with Gasteiger partial charge in [0.1, 0.15) is 19.2 Å². The Labute approximate surface area is 199 Å². The molecule has 0 aromatic heterocycles. The van der Waals surface area contributed by atoms with Gasteiger partial charge in [-0.3, -0.25) is 9.59 Å². The fraction of sp³-hybridized carbons (Fsp3) is 0.423. The van der Waals surface area contributed by atoms with Crippen molar-refractivity contribution in [1.82, 2.24) is 10.2 Å². The van der Waals surface area contributed by atoms with Gasteiger partial charge < -0.3 is 24.8 Å². The molecule has 2 amide bonds. The molecule has 3 rings (SSSR count). The third kappa shape index (κ3) is 5.75. The monoisotopic (exact) mass is 468 g/mol. The molecule has 8 heteroatoms. The Kier molecular flexibility index (Phi) is 7.94. The van der Waals surface area contributed by atoms with Crippen molar-refractivity contribution in [3.05, 3.63) is 59.7 Å². The lowest BCUT2D eigenvalue weighted by Gasteiger charge is -2.31. The first-order valence-electron chi connectivity index (χ1n) is 11.3. The second-order valence-corrected chi connectivity index (χ2v) is 8.94. The Hall–Kier alpha value is -3.39. The second-order valence-electron chi connectivity index (χ2n) is 8.94. The predicted molar refractivity (Wildman–Crippen MR) is 128 cm³/mol. The zero-order chi connectivity index (χ0) is 24.9. The van der Waals surface area contributed by atoms with Crippen molar-refractivity contribution in [3.8, 4) is 11.1 Å². The minimum absolute atomic E-state index is 0.109. The molecule has 1 aliphatic rings. The summed E-state index contributed by atoms with van der Waals surface area (Å²) in [6.07, 6.45) is -0.582. The third-order valence-electron chi connectivity index (χ3n) is 6.20. The number of nitrogens with one attached hydrogen (secondary N) is 1. The number of alkyl carbamates (subject to hydrolysis) is 1. The maximum absolute atomic E-state index is 13.1. The van der Waals surface area contributed by atoms with Crippen LogP contribution < -0.4 is 5.32 Å². The van der Waals surface area contributed by atoms with Crippen molar-refractivity contribution in [3.63, 3.8) is 0 Å². The molecule has 1 unspecified atom stereocenters. The molecule has 1 aliphatic carbocycles. The smallest absolute Gasteiger partial charge is 0.407 e. The van der Waals surface area contributed by atoms with Crippen LogP contribution >= 0.6 is 0 Å². The van der Waals surface area contributed by atoms with Gasteiger partial charge >= 0.3 is 12.1 Å². The highest BCUT2D eigenvalue weighted by molar-refractivity contribution is 5.88. The zero-order valence-corrected chi connectivity index (χ0v) is 20.0. The SMILES string of the molecule is CCN(CC(=O)O)C(=O)C(CC(C)(C)OC)NC(=O)OCC1c2ccccc2-c2ccccc21. The number of aliphatic carboxylic acids is 1. The molecule has 0 fully saturated rings. The molecular weight excluding hydrogens is 436 g/mol. The number of methoxy groups -OCH3 is 1. The Morgan fingerprint density at radius 2 is 1.62 bits per heavy atom. The largest absolute Gasteiger partial charge is 0.480 e. The van der Waals surface area contributed by atoms with Crippen LogP contribution in [0.25, 0.3) is 11.1 Å². The van der Waals surface area contributed by atoms with E-state index in [-0.39, 0.29) is 25.5 Å². The Morgan fingerprint density at radius 1 is 1.06 bits per heavy atom. The van der Waals surface area contributed by atoms with Crippen LogP contribution in [0.3, 0.4) is 0 Å².